The molecule has 2 aromatic carbocycles. The summed E-state index contributed by atoms with van der Waals surface area (Å²) in [5.41, 5.74) is -0.402. The number of hydrogen-bond acceptors (Lipinski definition) is 5. The first-order chi connectivity index (χ1) is 12.8. The van der Waals surface area contributed by atoms with Gasteiger partial charge in [-0.15, -0.1) is 0 Å². The van der Waals surface area contributed by atoms with Crippen molar-refractivity contribution < 1.29 is 32.5 Å². The number of aromatic nitrogens is 1. The zero-order valence-corrected chi connectivity index (χ0v) is 13.5. The van der Waals surface area contributed by atoms with Gasteiger partial charge >= 0.3 is 12.1 Å². The van der Waals surface area contributed by atoms with Crippen LogP contribution in [-0.4, -0.2) is 22.9 Å². The molecule has 0 amide bonds. The zero-order chi connectivity index (χ0) is 19.2. The van der Waals surface area contributed by atoms with Gasteiger partial charge in [0.1, 0.15) is 5.56 Å². The highest BCUT2D eigenvalue weighted by Gasteiger charge is 2.30. The van der Waals surface area contributed by atoms with Crippen molar-refractivity contribution in [3.63, 3.8) is 0 Å². The molecule has 2 heterocycles. The summed E-state index contributed by atoms with van der Waals surface area (Å²) in [6.45, 7) is 0.0217. The van der Waals surface area contributed by atoms with E-state index < -0.39 is 17.7 Å². The fraction of sp³-hybridized carbons (Fsp3) is 0.111. The number of benzene rings is 2. The number of nitrogens with zero attached hydrogens (tertiary/aromatic N) is 1. The van der Waals surface area contributed by atoms with Gasteiger partial charge in [0.2, 0.25) is 6.79 Å². The molecule has 0 saturated heterocycles. The molecule has 9 heteroatoms. The SMILES string of the molecule is O=C(O)c1cnc2cc3c(cc2c1Nc1cccc(C(F)(F)F)c1)OCO3. The number of anilines is 2. The van der Waals surface area contributed by atoms with Gasteiger partial charge in [-0.3, -0.25) is 4.98 Å². The number of alkyl halides is 3. The molecule has 1 aliphatic heterocycles. The smallest absolute Gasteiger partial charge is 0.416 e. The van der Waals surface area contributed by atoms with Crippen molar-refractivity contribution in [1.82, 2.24) is 4.98 Å². The zero-order valence-electron chi connectivity index (χ0n) is 13.5. The van der Waals surface area contributed by atoms with Crippen LogP contribution >= 0.6 is 0 Å². The van der Waals surface area contributed by atoms with Gasteiger partial charge in [-0.2, -0.15) is 13.2 Å². The van der Waals surface area contributed by atoms with Crippen molar-refractivity contribution in [3.8, 4) is 11.5 Å². The molecule has 0 bridgehead atoms. The quantitative estimate of drug-likeness (QED) is 0.704. The summed E-state index contributed by atoms with van der Waals surface area (Å²) in [5.74, 6) is -0.404. The summed E-state index contributed by atoms with van der Waals surface area (Å²) < 4.78 is 49.4. The van der Waals surface area contributed by atoms with E-state index >= 15 is 0 Å². The van der Waals surface area contributed by atoms with E-state index in [4.69, 9.17) is 9.47 Å². The van der Waals surface area contributed by atoms with Crippen molar-refractivity contribution in [1.29, 1.82) is 0 Å². The molecule has 2 N–H and O–H groups in total. The Morgan fingerprint density at radius 1 is 1.15 bits per heavy atom. The summed E-state index contributed by atoms with van der Waals surface area (Å²) in [6, 6.07) is 7.63. The van der Waals surface area contributed by atoms with Crippen molar-refractivity contribution in [2.75, 3.05) is 12.1 Å². The van der Waals surface area contributed by atoms with E-state index in [0.717, 1.165) is 18.3 Å². The van der Waals surface area contributed by atoms with Gasteiger partial charge in [-0.05, 0) is 24.3 Å². The minimum atomic E-state index is -4.51. The minimum Gasteiger partial charge on any atom is -0.478 e. The molecular weight excluding hydrogens is 365 g/mol. The lowest BCUT2D eigenvalue weighted by molar-refractivity contribution is -0.137. The Balaban J connectivity index is 1.87. The number of ether oxygens (including phenoxy) is 2. The first kappa shape index (κ1) is 17.0. The first-order valence-electron chi connectivity index (χ1n) is 7.73. The highest BCUT2D eigenvalue weighted by molar-refractivity contribution is 6.06. The number of fused-ring (bicyclic) bond motifs is 2. The number of hydrogen-bond donors (Lipinski definition) is 2. The maximum absolute atomic E-state index is 13.0. The van der Waals surface area contributed by atoms with Crippen LogP contribution in [0.15, 0.2) is 42.6 Å². The number of rotatable bonds is 3. The van der Waals surface area contributed by atoms with E-state index in [1.807, 2.05) is 0 Å². The average Bonchev–Trinajstić information content (AvgIpc) is 3.07. The molecule has 0 radical (unpaired) electrons. The molecule has 0 aliphatic carbocycles. The van der Waals surface area contributed by atoms with Gasteiger partial charge in [-0.1, -0.05) is 6.07 Å². The van der Waals surface area contributed by atoms with E-state index in [1.165, 1.54) is 12.1 Å². The number of aromatic carboxylic acids is 1. The van der Waals surface area contributed by atoms with E-state index in [9.17, 15) is 23.1 Å². The Labute approximate surface area is 150 Å². The molecule has 0 saturated carbocycles. The Morgan fingerprint density at radius 2 is 1.89 bits per heavy atom. The second kappa shape index (κ2) is 6.04. The van der Waals surface area contributed by atoms with Crippen LogP contribution in [0.4, 0.5) is 24.5 Å². The van der Waals surface area contributed by atoms with Gasteiger partial charge < -0.3 is 19.9 Å². The standard InChI is InChI=1S/C18H11F3N2O4/c19-18(20,21)9-2-1-3-10(4-9)23-16-11-5-14-15(27-8-26-14)6-13(11)22-7-12(16)17(24)25/h1-7H,8H2,(H,22,23)(H,24,25). The Hall–Kier alpha value is -3.49. The molecule has 6 nitrogen and oxygen atoms in total. The minimum absolute atomic E-state index is 0.0217. The van der Waals surface area contributed by atoms with Gasteiger partial charge in [-0.25, -0.2) is 4.79 Å². The van der Waals surface area contributed by atoms with Crippen LogP contribution in [0, 0.1) is 0 Å². The molecule has 1 aromatic heterocycles. The largest absolute Gasteiger partial charge is 0.478 e. The number of carboxylic acid groups (broad SMARTS) is 1. The lowest BCUT2D eigenvalue weighted by Crippen LogP contribution is -2.07. The highest BCUT2D eigenvalue weighted by atomic mass is 19.4. The van der Waals surface area contributed by atoms with Crippen LogP contribution in [0.5, 0.6) is 11.5 Å². The van der Waals surface area contributed by atoms with Crippen LogP contribution in [0.25, 0.3) is 10.9 Å². The number of carbonyl (C=O) groups is 1. The Bertz CT molecular complexity index is 1070. The highest BCUT2D eigenvalue weighted by Crippen LogP contribution is 2.40. The second-order valence-electron chi connectivity index (χ2n) is 5.78. The molecule has 138 valence electrons. The van der Waals surface area contributed by atoms with E-state index in [1.54, 1.807) is 12.1 Å². The molecule has 0 unspecified atom stereocenters. The van der Waals surface area contributed by atoms with Crippen LogP contribution < -0.4 is 14.8 Å². The van der Waals surface area contributed by atoms with Crippen LogP contribution in [-0.2, 0) is 6.18 Å². The topological polar surface area (TPSA) is 80.7 Å². The lowest BCUT2D eigenvalue weighted by Gasteiger charge is -2.14. The first-order valence-corrected chi connectivity index (χ1v) is 7.73. The lowest BCUT2D eigenvalue weighted by atomic mass is 10.1. The Kier molecular flexibility index (Phi) is 3.79. The van der Waals surface area contributed by atoms with E-state index in [0.29, 0.717) is 22.4 Å². The van der Waals surface area contributed by atoms with Crippen LogP contribution in [0.3, 0.4) is 0 Å². The summed E-state index contributed by atoms with van der Waals surface area (Å²) in [6.07, 6.45) is -3.37. The second-order valence-corrected chi connectivity index (χ2v) is 5.78. The molecule has 4 rings (SSSR count). The van der Waals surface area contributed by atoms with Crippen molar-refractivity contribution >= 4 is 28.2 Å². The average molecular weight is 376 g/mol. The predicted molar refractivity (Wildman–Crippen MR) is 89.6 cm³/mol. The molecule has 0 spiro atoms. The molecular formula is C18H11F3N2O4. The van der Waals surface area contributed by atoms with Crippen molar-refractivity contribution in [2.24, 2.45) is 0 Å². The summed E-state index contributed by atoms with van der Waals surface area (Å²) in [4.78, 5) is 15.7. The predicted octanol–water partition coefficient (Wildman–Crippen LogP) is 4.42. The third-order valence-corrected chi connectivity index (χ3v) is 4.05. The number of carboxylic acids is 1. The third kappa shape index (κ3) is 3.07. The van der Waals surface area contributed by atoms with Gasteiger partial charge in [0.25, 0.3) is 0 Å². The third-order valence-electron chi connectivity index (χ3n) is 4.05. The number of nitrogens with one attached hydrogen (secondary N) is 1. The fourth-order valence-corrected chi connectivity index (χ4v) is 2.80. The van der Waals surface area contributed by atoms with E-state index in [-0.39, 0.29) is 23.7 Å². The number of pyridine rings is 1. The van der Waals surface area contributed by atoms with Gasteiger partial charge in [0.15, 0.2) is 11.5 Å². The molecule has 0 atom stereocenters. The summed E-state index contributed by atoms with van der Waals surface area (Å²) in [5, 5.41) is 12.6. The van der Waals surface area contributed by atoms with Gasteiger partial charge in [0.05, 0.1) is 16.8 Å². The fourth-order valence-electron chi connectivity index (χ4n) is 2.80. The maximum Gasteiger partial charge on any atom is 0.416 e. The van der Waals surface area contributed by atoms with Crippen molar-refractivity contribution in [2.45, 2.75) is 6.18 Å². The van der Waals surface area contributed by atoms with Crippen molar-refractivity contribution in [3.05, 3.63) is 53.7 Å². The molecule has 0 fully saturated rings. The Morgan fingerprint density at radius 3 is 2.59 bits per heavy atom. The van der Waals surface area contributed by atoms with Gasteiger partial charge in [0, 0.05) is 23.3 Å². The number of halogens is 3. The van der Waals surface area contributed by atoms with E-state index in [2.05, 4.69) is 10.3 Å². The molecule has 1 aliphatic rings. The summed E-state index contributed by atoms with van der Waals surface area (Å²) in [7, 11) is 0. The molecule has 27 heavy (non-hydrogen) atoms. The summed E-state index contributed by atoms with van der Waals surface area (Å²) >= 11 is 0. The van der Waals surface area contributed by atoms with Crippen LogP contribution in [0.2, 0.25) is 0 Å². The maximum atomic E-state index is 13.0. The normalized spacial score (nSPS) is 13.0. The molecule has 3 aromatic rings. The van der Waals surface area contributed by atoms with Crippen LogP contribution in [0.1, 0.15) is 15.9 Å². The monoisotopic (exact) mass is 376 g/mol.